The first-order valence-corrected chi connectivity index (χ1v) is 12.2. The first-order chi connectivity index (χ1) is 15.2. The van der Waals surface area contributed by atoms with Crippen molar-refractivity contribution in [1.82, 2.24) is 10.2 Å². The third-order valence-electron chi connectivity index (χ3n) is 9.95. The van der Waals surface area contributed by atoms with Gasteiger partial charge in [0.15, 0.2) is 0 Å². The minimum Gasteiger partial charge on any atom is -0.349 e. The maximum atomic E-state index is 14.0. The van der Waals surface area contributed by atoms with Crippen LogP contribution in [0.4, 0.5) is 4.39 Å². The lowest BCUT2D eigenvalue weighted by molar-refractivity contribution is -0.138. The van der Waals surface area contributed by atoms with E-state index < -0.39 is 0 Å². The summed E-state index contributed by atoms with van der Waals surface area (Å²) in [4.78, 5) is 27.3. The third kappa shape index (κ3) is 2.99. The van der Waals surface area contributed by atoms with E-state index in [9.17, 15) is 14.0 Å². The number of likely N-dealkylation sites (N-methyl/N-ethyl adjacent to an activating group) is 1. The van der Waals surface area contributed by atoms with E-state index in [0.29, 0.717) is 34.9 Å². The summed E-state index contributed by atoms with van der Waals surface area (Å²) in [6.45, 7) is 6.40. The van der Waals surface area contributed by atoms with Gasteiger partial charge in [0.2, 0.25) is 5.91 Å². The van der Waals surface area contributed by atoms with Gasteiger partial charge >= 0.3 is 0 Å². The summed E-state index contributed by atoms with van der Waals surface area (Å²) in [7, 11) is 1.96. The number of fused-ring (bicyclic) bond motifs is 5. The van der Waals surface area contributed by atoms with E-state index in [2.05, 4.69) is 25.2 Å². The molecule has 3 aliphatic carbocycles. The molecule has 1 aromatic rings. The molecule has 7 atom stereocenters. The number of hydrogen-bond donors (Lipinski definition) is 1. The molecule has 2 unspecified atom stereocenters. The Balaban J connectivity index is 1.37. The standard InChI is InChI=1S/C27H35FN2O2/c1-16-17(6-5-7-21(16)28)25(32)29-22-10-9-19-18-8-11-23-27(3,15-13-24(31)30(23)4)20(18)12-14-26(19,22)2/h5-7,13,15,18-20,22-23H,8-12,14H2,1-4H3,(H,29,32)/t18-,19-,20+,22?,23?,26-,27+/m0/s1. The van der Waals surface area contributed by atoms with Gasteiger partial charge < -0.3 is 10.2 Å². The Morgan fingerprint density at radius 2 is 1.91 bits per heavy atom. The SMILES string of the molecule is Cc1c(F)cccc1C(=O)NC1CC[C@H]2[C@@H]3CCC4N(C)C(=O)C=C[C@]4(C)[C@@H]3CC[C@]12C. The van der Waals surface area contributed by atoms with E-state index in [4.69, 9.17) is 0 Å². The van der Waals surface area contributed by atoms with Crippen molar-refractivity contribution < 1.29 is 14.0 Å². The lowest BCUT2D eigenvalue weighted by Crippen LogP contribution is -2.60. The lowest BCUT2D eigenvalue weighted by Gasteiger charge is -2.60. The molecule has 2 amide bonds. The minimum atomic E-state index is -0.331. The van der Waals surface area contributed by atoms with Crippen molar-refractivity contribution in [3.8, 4) is 0 Å². The van der Waals surface area contributed by atoms with Gasteiger partial charge in [-0.2, -0.15) is 0 Å². The van der Waals surface area contributed by atoms with Crippen LogP contribution in [0, 0.1) is 41.3 Å². The molecule has 0 spiro atoms. The van der Waals surface area contributed by atoms with Crippen LogP contribution >= 0.6 is 0 Å². The number of halogens is 1. The van der Waals surface area contributed by atoms with Crippen LogP contribution in [0.15, 0.2) is 30.4 Å². The molecule has 5 rings (SSSR count). The number of hydrogen-bond acceptors (Lipinski definition) is 2. The highest BCUT2D eigenvalue weighted by Gasteiger charge is 2.60. The fourth-order valence-electron chi connectivity index (χ4n) is 8.07. The lowest BCUT2D eigenvalue weighted by atomic mass is 9.48. The predicted octanol–water partition coefficient (Wildman–Crippen LogP) is 4.87. The summed E-state index contributed by atoms with van der Waals surface area (Å²) in [5.74, 6) is 1.42. The average Bonchev–Trinajstić information content (AvgIpc) is 3.09. The second-order valence-electron chi connectivity index (χ2n) is 11.2. The first kappa shape index (κ1) is 21.7. The van der Waals surface area contributed by atoms with E-state index >= 15 is 0 Å². The van der Waals surface area contributed by atoms with Gasteiger partial charge in [-0.1, -0.05) is 26.0 Å². The van der Waals surface area contributed by atoms with Crippen LogP contribution in [0.5, 0.6) is 0 Å². The van der Waals surface area contributed by atoms with Crippen molar-refractivity contribution in [2.75, 3.05) is 7.05 Å². The highest BCUT2D eigenvalue weighted by Crippen LogP contribution is 2.63. The highest BCUT2D eigenvalue weighted by molar-refractivity contribution is 5.96. The van der Waals surface area contributed by atoms with E-state index in [-0.39, 0.29) is 34.5 Å². The molecule has 1 heterocycles. The number of carbonyl (C=O) groups is 2. The van der Waals surface area contributed by atoms with Gasteiger partial charge in [-0.3, -0.25) is 9.59 Å². The number of carbonyl (C=O) groups excluding carboxylic acids is 2. The van der Waals surface area contributed by atoms with Gasteiger partial charge in [-0.15, -0.1) is 0 Å². The summed E-state index contributed by atoms with van der Waals surface area (Å²) in [6, 6.07) is 5.15. The molecule has 1 N–H and O–H groups in total. The van der Waals surface area contributed by atoms with Crippen LogP contribution in [-0.4, -0.2) is 35.8 Å². The smallest absolute Gasteiger partial charge is 0.251 e. The van der Waals surface area contributed by atoms with Crippen LogP contribution in [0.2, 0.25) is 0 Å². The first-order valence-electron chi connectivity index (χ1n) is 12.2. The van der Waals surface area contributed by atoms with Crippen LogP contribution in [0.3, 0.4) is 0 Å². The van der Waals surface area contributed by atoms with Crippen LogP contribution in [-0.2, 0) is 4.79 Å². The Labute approximate surface area is 190 Å². The van der Waals surface area contributed by atoms with Crippen molar-refractivity contribution in [1.29, 1.82) is 0 Å². The van der Waals surface area contributed by atoms with Crippen molar-refractivity contribution in [3.05, 3.63) is 47.3 Å². The Bertz CT molecular complexity index is 990. The molecule has 32 heavy (non-hydrogen) atoms. The number of benzene rings is 1. The van der Waals surface area contributed by atoms with Crippen LogP contribution in [0.1, 0.15) is 68.3 Å². The summed E-state index contributed by atoms with van der Waals surface area (Å²) in [5, 5.41) is 3.30. The van der Waals surface area contributed by atoms with Gasteiger partial charge in [0, 0.05) is 30.1 Å². The monoisotopic (exact) mass is 438 g/mol. The van der Waals surface area contributed by atoms with Gasteiger partial charge in [0.25, 0.3) is 5.91 Å². The topological polar surface area (TPSA) is 49.4 Å². The number of nitrogens with zero attached hydrogens (tertiary/aromatic N) is 1. The molecular weight excluding hydrogens is 403 g/mol. The molecule has 4 aliphatic rings. The van der Waals surface area contributed by atoms with Gasteiger partial charge in [-0.05, 0) is 92.4 Å². The number of amides is 2. The molecule has 0 radical (unpaired) electrons. The molecule has 3 fully saturated rings. The predicted molar refractivity (Wildman–Crippen MR) is 122 cm³/mol. The molecule has 0 bridgehead atoms. The Hall–Kier alpha value is -2.17. The van der Waals surface area contributed by atoms with Crippen molar-refractivity contribution in [3.63, 3.8) is 0 Å². The quantitative estimate of drug-likeness (QED) is 0.716. The third-order valence-corrected chi connectivity index (χ3v) is 9.95. The molecule has 4 nitrogen and oxygen atoms in total. The maximum absolute atomic E-state index is 14.0. The normalized spacial score (nSPS) is 40.5. The number of nitrogens with one attached hydrogen (secondary N) is 1. The highest BCUT2D eigenvalue weighted by atomic mass is 19.1. The molecule has 172 valence electrons. The molecule has 0 aromatic heterocycles. The Kier molecular flexibility index (Phi) is 5.03. The van der Waals surface area contributed by atoms with Crippen molar-refractivity contribution >= 4 is 11.8 Å². The van der Waals surface area contributed by atoms with E-state index in [1.165, 1.54) is 6.07 Å². The Morgan fingerprint density at radius 1 is 1.12 bits per heavy atom. The summed E-state index contributed by atoms with van der Waals surface area (Å²) in [5.41, 5.74) is 0.968. The molecule has 1 aromatic carbocycles. The zero-order valence-corrected chi connectivity index (χ0v) is 19.7. The van der Waals surface area contributed by atoms with E-state index in [1.54, 1.807) is 25.1 Å². The summed E-state index contributed by atoms with van der Waals surface area (Å²) < 4.78 is 14.0. The van der Waals surface area contributed by atoms with E-state index in [1.807, 2.05) is 11.9 Å². The van der Waals surface area contributed by atoms with E-state index in [0.717, 1.165) is 38.5 Å². The minimum absolute atomic E-state index is 0.0346. The van der Waals surface area contributed by atoms with Crippen molar-refractivity contribution in [2.24, 2.45) is 28.6 Å². The average molecular weight is 439 g/mol. The van der Waals surface area contributed by atoms with Crippen LogP contribution in [0.25, 0.3) is 0 Å². The fourth-order valence-corrected chi connectivity index (χ4v) is 8.07. The zero-order valence-electron chi connectivity index (χ0n) is 19.7. The summed E-state index contributed by atoms with van der Waals surface area (Å²) in [6.07, 6.45) is 10.5. The fraction of sp³-hybridized carbons (Fsp3) is 0.630. The maximum Gasteiger partial charge on any atom is 0.251 e. The van der Waals surface area contributed by atoms with Crippen molar-refractivity contribution in [2.45, 2.75) is 71.4 Å². The van der Waals surface area contributed by atoms with Gasteiger partial charge in [0.1, 0.15) is 5.82 Å². The van der Waals surface area contributed by atoms with Gasteiger partial charge in [-0.25, -0.2) is 4.39 Å². The molecule has 1 aliphatic heterocycles. The summed E-state index contributed by atoms with van der Waals surface area (Å²) >= 11 is 0. The molecular formula is C27H35FN2O2. The molecule has 0 saturated heterocycles. The van der Waals surface area contributed by atoms with Gasteiger partial charge in [0.05, 0.1) is 0 Å². The molecule has 5 heteroatoms. The second kappa shape index (κ2) is 7.43. The second-order valence-corrected chi connectivity index (χ2v) is 11.2. The molecule has 3 saturated carbocycles. The Morgan fingerprint density at radius 3 is 2.69 bits per heavy atom. The number of rotatable bonds is 2. The zero-order chi connectivity index (χ0) is 22.8. The van der Waals surface area contributed by atoms with Crippen LogP contribution < -0.4 is 5.32 Å². The largest absolute Gasteiger partial charge is 0.349 e.